The van der Waals surface area contributed by atoms with Gasteiger partial charge in [-0.05, 0) is 24.6 Å². The van der Waals surface area contributed by atoms with Crippen LogP contribution in [0.25, 0.3) is 10.2 Å². The van der Waals surface area contributed by atoms with Crippen molar-refractivity contribution >= 4 is 49.1 Å². The molecule has 0 radical (unpaired) electrons. The van der Waals surface area contributed by atoms with Crippen LogP contribution in [0.4, 0.5) is 10.3 Å². The molecule has 0 spiro atoms. The van der Waals surface area contributed by atoms with Gasteiger partial charge < -0.3 is 10.4 Å². The second-order valence-corrected chi connectivity index (χ2v) is 6.22. The van der Waals surface area contributed by atoms with Crippen molar-refractivity contribution in [3.8, 4) is 0 Å². The number of fused-ring (bicyclic) bond motifs is 1. The number of carboxylic acids is 1. The number of benzene rings is 1. The normalized spacial score (nSPS) is 10.8. The van der Waals surface area contributed by atoms with Crippen molar-refractivity contribution in [3.05, 3.63) is 34.8 Å². The third kappa shape index (κ3) is 2.78. The number of aromatic nitrogens is 2. The van der Waals surface area contributed by atoms with Gasteiger partial charge in [0.05, 0.1) is 22.3 Å². The lowest BCUT2D eigenvalue weighted by atomic mass is 10.2. The maximum atomic E-state index is 10.6. The molecule has 0 atom stereocenters. The smallest absolute Gasteiger partial charge is 0.309 e. The summed E-state index contributed by atoms with van der Waals surface area (Å²) >= 11 is 2.94. The molecule has 2 heterocycles. The summed E-state index contributed by atoms with van der Waals surface area (Å²) in [6.45, 7) is 2.05. The Morgan fingerprint density at radius 2 is 2.20 bits per heavy atom. The fourth-order valence-corrected chi connectivity index (χ4v) is 3.51. The summed E-state index contributed by atoms with van der Waals surface area (Å²) in [6.07, 6.45) is -0.0583. The zero-order valence-corrected chi connectivity index (χ0v) is 12.2. The highest BCUT2D eigenvalue weighted by Gasteiger charge is 2.09. The standard InChI is InChI=1S/C13H11N3O2S2/c1-7-2-3-9-10(4-7)20-13(15-9)16-12-14-8(6-19-12)5-11(17)18/h2-4,6H,5H2,1H3,(H,17,18)(H,14,15,16). The van der Waals surface area contributed by atoms with Crippen LogP contribution < -0.4 is 5.32 Å². The molecule has 3 rings (SSSR count). The third-order valence-electron chi connectivity index (χ3n) is 2.64. The van der Waals surface area contributed by atoms with Crippen molar-refractivity contribution in [1.82, 2.24) is 9.97 Å². The molecule has 0 fully saturated rings. The number of hydrogen-bond donors (Lipinski definition) is 2. The van der Waals surface area contributed by atoms with Gasteiger partial charge in [0, 0.05) is 5.38 Å². The first kappa shape index (κ1) is 13.0. The summed E-state index contributed by atoms with van der Waals surface area (Å²) in [6, 6.07) is 6.11. The van der Waals surface area contributed by atoms with Gasteiger partial charge >= 0.3 is 5.97 Å². The van der Waals surface area contributed by atoms with Crippen LogP contribution in [0.3, 0.4) is 0 Å². The summed E-state index contributed by atoms with van der Waals surface area (Å²) < 4.78 is 1.12. The maximum absolute atomic E-state index is 10.6. The van der Waals surface area contributed by atoms with Gasteiger partial charge in [-0.3, -0.25) is 4.79 Å². The van der Waals surface area contributed by atoms with E-state index in [1.807, 2.05) is 19.1 Å². The predicted molar refractivity (Wildman–Crippen MR) is 81.1 cm³/mol. The lowest BCUT2D eigenvalue weighted by Crippen LogP contribution is -2.00. The molecule has 0 unspecified atom stereocenters. The molecule has 0 aliphatic rings. The molecule has 0 saturated carbocycles. The highest BCUT2D eigenvalue weighted by atomic mass is 32.1. The van der Waals surface area contributed by atoms with Crippen LogP contribution in [0, 0.1) is 6.92 Å². The number of anilines is 2. The number of aliphatic carboxylic acids is 1. The Labute approximate surface area is 122 Å². The largest absolute Gasteiger partial charge is 0.481 e. The van der Waals surface area contributed by atoms with Crippen molar-refractivity contribution in [2.75, 3.05) is 5.32 Å². The fraction of sp³-hybridized carbons (Fsp3) is 0.154. The molecule has 20 heavy (non-hydrogen) atoms. The van der Waals surface area contributed by atoms with Crippen molar-refractivity contribution in [1.29, 1.82) is 0 Å². The van der Waals surface area contributed by atoms with Crippen molar-refractivity contribution in [2.24, 2.45) is 0 Å². The van der Waals surface area contributed by atoms with E-state index in [4.69, 9.17) is 5.11 Å². The zero-order valence-electron chi connectivity index (χ0n) is 10.6. The van der Waals surface area contributed by atoms with E-state index >= 15 is 0 Å². The summed E-state index contributed by atoms with van der Waals surface area (Å²) in [5.74, 6) is -0.877. The van der Waals surface area contributed by atoms with Crippen molar-refractivity contribution < 1.29 is 9.90 Å². The van der Waals surface area contributed by atoms with Crippen LogP contribution >= 0.6 is 22.7 Å². The Kier molecular flexibility index (Phi) is 3.37. The van der Waals surface area contributed by atoms with Gasteiger partial charge in [-0.1, -0.05) is 17.4 Å². The Morgan fingerprint density at radius 1 is 1.35 bits per heavy atom. The zero-order chi connectivity index (χ0) is 14.1. The monoisotopic (exact) mass is 305 g/mol. The van der Waals surface area contributed by atoms with Crippen LogP contribution in [0.1, 0.15) is 11.3 Å². The van der Waals surface area contributed by atoms with Gasteiger partial charge in [0.2, 0.25) is 0 Å². The number of hydrogen-bond acceptors (Lipinski definition) is 6. The molecule has 3 aromatic rings. The summed E-state index contributed by atoms with van der Waals surface area (Å²) in [4.78, 5) is 19.3. The van der Waals surface area contributed by atoms with E-state index in [0.29, 0.717) is 10.8 Å². The Bertz CT molecular complexity index is 779. The second-order valence-electron chi connectivity index (χ2n) is 4.33. The molecule has 0 aliphatic heterocycles. The van der Waals surface area contributed by atoms with Crippen molar-refractivity contribution in [3.63, 3.8) is 0 Å². The lowest BCUT2D eigenvalue weighted by Gasteiger charge is -1.94. The number of rotatable bonds is 4. The van der Waals surface area contributed by atoms with Crippen molar-refractivity contribution in [2.45, 2.75) is 13.3 Å². The molecule has 2 aromatic heterocycles. The fourth-order valence-electron chi connectivity index (χ4n) is 1.78. The van der Waals surface area contributed by atoms with E-state index in [2.05, 4.69) is 21.4 Å². The minimum Gasteiger partial charge on any atom is -0.481 e. The van der Waals surface area contributed by atoms with Gasteiger partial charge in [-0.25, -0.2) is 9.97 Å². The van der Waals surface area contributed by atoms with Gasteiger partial charge in [0.15, 0.2) is 10.3 Å². The highest BCUT2D eigenvalue weighted by Crippen LogP contribution is 2.30. The highest BCUT2D eigenvalue weighted by molar-refractivity contribution is 7.22. The number of thiazole rings is 2. The molecular weight excluding hydrogens is 294 g/mol. The molecule has 5 nitrogen and oxygen atoms in total. The molecule has 0 saturated heterocycles. The number of nitrogens with one attached hydrogen (secondary N) is 1. The first-order valence-corrected chi connectivity index (χ1v) is 7.60. The predicted octanol–water partition coefficient (Wildman–Crippen LogP) is 3.43. The topological polar surface area (TPSA) is 75.1 Å². The second kappa shape index (κ2) is 5.18. The van der Waals surface area contributed by atoms with Gasteiger partial charge in [-0.15, -0.1) is 11.3 Å². The molecule has 0 aliphatic carbocycles. The molecule has 1 aromatic carbocycles. The van der Waals surface area contributed by atoms with E-state index in [0.717, 1.165) is 15.3 Å². The Morgan fingerprint density at radius 3 is 3.00 bits per heavy atom. The quantitative estimate of drug-likeness (QED) is 0.772. The maximum Gasteiger partial charge on any atom is 0.309 e. The minimum atomic E-state index is -0.877. The van der Waals surface area contributed by atoms with Crippen LogP contribution in [-0.4, -0.2) is 21.0 Å². The molecule has 0 amide bonds. The Balaban J connectivity index is 1.81. The molecule has 102 valence electrons. The average molecular weight is 305 g/mol. The first-order chi connectivity index (χ1) is 9.60. The summed E-state index contributed by atoms with van der Waals surface area (Å²) in [5, 5.41) is 15.0. The number of aryl methyl sites for hydroxylation is 1. The van der Waals surface area contributed by atoms with Crippen LogP contribution in [-0.2, 0) is 11.2 Å². The SMILES string of the molecule is Cc1ccc2nc(Nc3nc(CC(=O)O)cs3)sc2c1. The van der Waals surface area contributed by atoms with Crippen LogP contribution in [0.15, 0.2) is 23.6 Å². The summed E-state index contributed by atoms with van der Waals surface area (Å²) in [5.41, 5.74) is 2.71. The Hall–Kier alpha value is -1.99. The van der Waals surface area contributed by atoms with E-state index < -0.39 is 5.97 Å². The minimum absolute atomic E-state index is 0.0583. The number of nitrogens with zero attached hydrogens (tertiary/aromatic N) is 2. The molecule has 2 N–H and O–H groups in total. The van der Waals surface area contributed by atoms with Gasteiger partial charge in [0.1, 0.15) is 0 Å². The number of carboxylic acid groups (broad SMARTS) is 1. The molecule has 0 bridgehead atoms. The first-order valence-electron chi connectivity index (χ1n) is 5.90. The van der Waals surface area contributed by atoms with E-state index in [-0.39, 0.29) is 6.42 Å². The number of carbonyl (C=O) groups is 1. The van der Waals surface area contributed by atoms with E-state index in [1.165, 1.54) is 16.9 Å². The molecule has 7 heteroatoms. The molecular formula is C13H11N3O2S2. The van der Waals surface area contributed by atoms with Crippen LogP contribution in [0.5, 0.6) is 0 Å². The van der Waals surface area contributed by atoms with Crippen LogP contribution in [0.2, 0.25) is 0 Å². The van der Waals surface area contributed by atoms with Gasteiger partial charge in [0.25, 0.3) is 0 Å². The van der Waals surface area contributed by atoms with Gasteiger partial charge in [-0.2, -0.15) is 0 Å². The van der Waals surface area contributed by atoms with E-state index in [9.17, 15) is 4.79 Å². The summed E-state index contributed by atoms with van der Waals surface area (Å²) in [7, 11) is 0. The lowest BCUT2D eigenvalue weighted by molar-refractivity contribution is -0.136. The average Bonchev–Trinajstić information content (AvgIpc) is 2.95. The third-order valence-corrected chi connectivity index (χ3v) is 4.38. The van der Waals surface area contributed by atoms with E-state index in [1.54, 1.807) is 16.7 Å².